The Balaban J connectivity index is 1.99. The first kappa shape index (κ1) is 17.5. The van der Waals surface area contributed by atoms with Crippen molar-refractivity contribution >= 4 is 34.7 Å². The number of furan rings is 1. The highest BCUT2D eigenvalue weighted by Crippen LogP contribution is 2.33. The molecule has 0 unspecified atom stereocenters. The van der Waals surface area contributed by atoms with Crippen molar-refractivity contribution in [1.29, 1.82) is 0 Å². The van der Waals surface area contributed by atoms with Crippen LogP contribution in [0.25, 0.3) is 11.1 Å². The van der Waals surface area contributed by atoms with Crippen LogP contribution in [0, 0.1) is 13.8 Å². The van der Waals surface area contributed by atoms with Gasteiger partial charge in [-0.25, -0.2) is 4.79 Å². The van der Waals surface area contributed by atoms with Gasteiger partial charge in [0.05, 0.1) is 17.4 Å². The molecule has 0 bridgehead atoms. The van der Waals surface area contributed by atoms with Crippen molar-refractivity contribution in [1.82, 2.24) is 0 Å². The van der Waals surface area contributed by atoms with Gasteiger partial charge in [-0.3, -0.25) is 4.79 Å². The molecule has 128 valence electrons. The van der Waals surface area contributed by atoms with Gasteiger partial charge in [-0.2, -0.15) is 0 Å². The molecule has 1 aromatic carbocycles. The van der Waals surface area contributed by atoms with E-state index in [0.717, 1.165) is 11.1 Å². The fourth-order valence-corrected chi connectivity index (χ4v) is 4.00. The monoisotopic (exact) mass is 374 g/mol. The molecule has 3 rings (SSSR count). The number of hydrogen-bond acceptors (Lipinski definition) is 4. The number of Topliss-reactive ketones (excluding diaryl/α,β-unsaturated/α-hetero) is 1. The maximum atomic E-state index is 12.6. The first-order valence-electron chi connectivity index (χ1n) is 7.56. The molecule has 0 radical (unpaired) electrons. The number of halogens is 1. The summed E-state index contributed by atoms with van der Waals surface area (Å²) in [5.41, 5.74) is 2.80. The Labute approximate surface area is 153 Å². The van der Waals surface area contributed by atoms with Crippen molar-refractivity contribution in [3.05, 3.63) is 68.3 Å². The number of carboxylic acid groups (broad SMARTS) is 1. The van der Waals surface area contributed by atoms with E-state index in [9.17, 15) is 14.7 Å². The summed E-state index contributed by atoms with van der Waals surface area (Å²) in [6.45, 7) is 3.53. The highest BCUT2D eigenvalue weighted by molar-refractivity contribution is 7.11. The lowest BCUT2D eigenvalue weighted by Crippen LogP contribution is -2.08. The number of aromatic carboxylic acids is 1. The van der Waals surface area contributed by atoms with Crippen LogP contribution in [0.3, 0.4) is 0 Å². The van der Waals surface area contributed by atoms with Gasteiger partial charge in [0.2, 0.25) is 0 Å². The van der Waals surface area contributed by atoms with Crippen LogP contribution in [0.15, 0.2) is 40.3 Å². The van der Waals surface area contributed by atoms with Crippen molar-refractivity contribution in [2.24, 2.45) is 0 Å². The Bertz CT molecular complexity index is 931. The summed E-state index contributed by atoms with van der Waals surface area (Å²) in [6.07, 6.45) is 1.56. The van der Waals surface area contributed by atoms with Crippen molar-refractivity contribution in [3.8, 4) is 11.1 Å². The molecule has 2 aromatic heterocycles. The number of hydrogen-bond donors (Lipinski definition) is 1. The van der Waals surface area contributed by atoms with Gasteiger partial charge in [-0.05, 0) is 42.5 Å². The SMILES string of the molecule is Cc1coc(C)c1C(=O)Cc1scc(-c2ccc(Cl)cc2)c1C(=O)O. The molecule has 0 aliphatic rings. The van der Waals surface area contributed by atoms with Gasteiger partial charge in [0.1, 0.15) is 5.76 Å². The maximum absolute atomic E-state index is 12.6. The lowest BCUT2D eigenvalue weighted by molar-refractivity contribution is 0.0697. The normalized spacial score (nSPS) is 10.8. The second kappa shape index (κ2) is 6.86. The Hall–Kier alpha value is -2.37. The zero-order valence-electron chi connectivity index (χ0n) is 13.6. The molecule has 6 heteroatoms. The Kier molecular flexibility index (Phi) is 4.79. The van der Waals surface area contributed by atoms with E-state index < -0.39 is 5.97 Å². The summed E-state index contributed by atoms with van der Waals surface area (Å²) < 4.78 is 5.27. The lowest BCUT2D eigenvalue weighted by atomic mass is 9.99. The number of rotatable bonds is 5. The molecule has 0 saturated heterocycles. The third kappa shape index (κ3) is 3.38. The van der Waals surface area contributed by atoms with Gasteiger partial charge in [0, 0.05) is 21.9 Å². The summed E-state index contributed by atoms with van der Waals surface area (Å²) in [6, 6.07) is 6.96. The van der Waals surface area contributed by atoms with E-state index in [0.29, 0.717) is 26.8 Å². The van der Waals surface area contributed by atoms with E-state index in [4.69, 9.17) is 16.0 Å². The summed E-state index contributed by atoms with van der Waals surface area (Å²) >= 11 is 7.17. The maximum Gasteiger partial charge on any atom is 0.337 e. The predicted molar refractivity (Wildman–Crippen MR) is 97.9 cm³/mol. The summed E-state index contributed by atoms with van der Waals surface area (Å²) in [4.78, 5) is 24.9. The van der Waals surface area contributed by atoms with Gasteiger partial charge in [-0.1, -0.05) is 23.7 Å². The molecule has 0 atom stereocenters. The molecule has 1 N–H and O–H groups in total. The molecule has 0 fully saturated rings. The van der Waals surface area contributed by atoms with Crippen LogP contribution in [0.4, 0.5) is 0 Å². The predicted octanol–water partition coefficient (Wildman–Crippen LogP) is 5.40. The van der Waals surface area contributed by atoms with Gasteiger partial charge < -0.3 is 9.52 Å². The minimum absolute atomic E-state index is 0.0289. The first-order chi connectivity index (χ1) is 11.9. The summed E-state index contributed by atoms with van der Waals surface area (Å²) in [7, 11) is 0. The second-order valence-electron chi connectivity index (χ2n) is 5.71. The zero-order valence-corrected chi connectivity index (χ0v) is 15.2. The van der Waals surface area contributed by atoms with Crippen molar-refractivity contribution in [3.63, 3.8) is 0 Å². The van der Waals surface area contributed by atoms with Crippen LogP contribution >= 0.6 is 22.9 Å². The van der Waals surface area contributed by atoms with Crippen molar-refractivity contribution in [2.45, 2.75) is 20.3 Å². The van der Waals surface area contributed by atoms with E-state index in [1.807, 2.05) is 0 Å². The fraction of sp³-hybridized carbons (Fsp3) is 0.158. The van der Waals surface area contributed by atoms with E-state index in [2.05, 4.69) is 0 Å². The van der Waals surface area contributed by atoms with E-state index >= 15 is 0 Å². The standard InChI is InChI=1S/C19H15ClO4S/c1-10-8-24-11(2)17(10)15(21)7-16-18(19(22)23)14(9-25-16)12-3-5-13(20)6-4-12/h3-6,8-9H,7H2,1-2H3,(H,22,23). The Morgan fingerprint density at radius 2 is 1.84 bits per heavy atom. The van der Waals surface area contributed by atoms with E-state index in [1.54, 1.807) is 43.5 Å². The molecule has 0 aliphatic heterocycles. The second-order valence-corrected chi connectivity index (χ2v) is 7.11. The number of ketones is 1. The minimum Gasteiger partial charge on any atom is -0.478 e. The van der Waals surface area contributed by atoms with E-state index in [-0.39, 0.29) is 17.8 Å². The smallest absolute Gasteiger partial charge is 0.337 e. The topological polar surface area (TPSA) is 67.5 Å². The number of carbonyl (C=O) groups is 2. The van der Waals surface area contributed by atoms with Gasteiger partial charge in [0.15, 0.2) is 5.78 Å². The zero-order chi connectivity index (χ0) is 18.1. The lowest BCUT2D eigenvalue weighted by Gasteiger charge is -2.04. The van der Waals surface area contributed by atoms with E-state index in [1.165, 1.54) is 17.6 Å². The number of aryl methyl sites for hydroxylation is 2. The number of carbonyl (C=O) groups excluding carboxylic acids is 1. The van der Waals surface area contributed by atoms with Crippen LogP contribution in [0.5, 0.6) is 0 Å². The quantitative estimate of drug-likeness (QED) is 0.607. The average Bonchev–Trinajstić information content (AvgIpc) is 3.11. The highest BCUT2D eigenvalue weighted by Gasteiger charge is 2.23. The third-order valence-electron chi connectivity index (χ3n) is 4.00. The summed E-state index contributed by atoms with van der Waals surface area (Å²) in [5, 5.41) is 12.0. The molecular weight excluding hydrogens is 360 g/mol. The van der Waals surface area contributed by atoms with Crippen molar-refractivity contribution < 1.29 is 19.1 Å². The number of benzene rings is 1. The van der Waals surface area contributed by atoms with Gasteiger partial charge >= 0.3 is 5.97 Å². The van der Waals surface area contributed by atoms with Crippen molar-refractivity contribution in [2.75, 3.05) is 0 Å². The van der Waals surface area contributed by atoms with Crippen LogP contribution in [-0.2, 0) is 6.42 Å². The minimum atomic E-state index is -1.05. The number of thiophene rings is 1. The molecule has 25 heavy (non-hydrogen) atoms. The largest absolute Gasteiger partial charge is 0.478 e. The van der Waals surface area contributed by atoms with Crippen LogP contribution in [0.2, 0.25) is 5.02 Å². The molecule has 0 aliphatic carbocycles. The molecule has 4 nitrogen and oxygen atoms in total. The van der Waals surface area contributed by atoms with Crippen LogP contribution in [-0.4, -0.2) is 16.9 Å². The molecule has 2 heterocycles. The molecule has 0 amide bonds. The Morgan fingerprint density at radius 3 is 2.40 bits per heavy atom. The van der Waals surface area contributed by atoms with Gasteiger partial charge in [-0.15, -0.1) is 11.3 Å². The van der Waals surface area contributed by atoms with Crippen LogP contribution in [0.1, 0.15) is 36.9 Å². The molecule has 0 spiro atoms. The van der Waals surface area contributed by atoms with Crippen LogP contribution < -0.4 is 0 Å². The Morgan fingerprint density at radius 1 is 1.16 bits per heavy atom. The summed E-state index contributed by atoms with van der Waals surface area (Å²) in [5.74, 6) is -0.640. The third-order valence-corrected chi connectivity index (χ3v) is 5.23. The first-order valence-corrected chi connectivity index (χ1v) is 8.81. The fourth-order valence-electron chi connectivity index (χ4n) is 2.83. The highest BCUT2D eigenvalue weighted by atomic mass is 35.5. The van der Waals surface area contributed by atoms with Gasteiger partial charge in [0.25, 0.3) is 0 Å². The molecule has 3 aromatic rings. The molecule has 0 saturated carbocycles. The molecular formula is C19H15ClO4S. The average molecular weight is 375 g/mol. The number of carboxylic acids is 1.